The van der Waals surface area contributed by atoms with E-state index in [1.54, 1.807) is 31.2 Å². The van der Waals surface area contributed by atoms with Gasteiger partial charge in [0.1, 0.15) is 12.2 Å². The maximum absolute atomic E-state index is 13.3. The van der Waals surface area contributed by atoms with Crippen LogP contribution in [0.25, 0.3) is 6.08 Å². The highest BCUT2D eigenvalue weighted by Gasteiger charge is 2.37. The number of imide groups is 2. The minimum atomic E-state index is -0.775. The lowest BCUT2D eigenvalue weighted by Gasteiger charge is -2.27. The van der Waals surface area contributed by atoms with E-state index in [1.165, 1.54) is 6.08 Å². The van der Waals surface area contributed by atoms with Gasteiger partial charge in [-0.3, -0.25) is 14.9 Å². The molecule has 0 spiro atoms. The Kier molecular flexibility index (Phi) is 7.55. The Morgan fingerprint density at radius 2 is 1.67 bits per heavy atom. The third-order valence-corrected chi connectivity index (χ3v) is 6.12. The lowest BCUT2D eigenvalue weighted by molar-refractivity contribution is -0.122. The van der Waals surface area contributed by atoms with Crippen molar-refractivity contribution in [2.24, 2.45) is 0 Å². The fourth-order valence-corrected chi connectivity index (χ4v) is 4.01. The molecule has 1 fully saturated rings. The van der Waals surface area contributed by atoms with Gasteiger partial charge in [-0.2, -0.15) is 0 Å². The first kappa shape index (κ1) is 25.2. The first-order valence-electron chi connectivity index (χ1n) is 11.4. The number of amides is 4. The molecule has 1 aliphatic heterocycles. The number of ether oxygens (including phenoxy) is 2. The Hall–Kier alpha value is -3.91. The van der Waals surface area contributed by atoms with Gasteiger partial charge in [0.15, 0.2) is 11.5 Å². The lowest BCUT2D eigenvalue weighted by atomic mass is 10.0. The van der Waals surface area contributed by atoms with E-state index in [4.69, 9.17) is 9.47 Å². The van der Waals surface area contributed by atoms with Crippen LogP contribution in [-0.4, -0.2) is 24.5 Å². The average Bonchev–Trinajstić information content (AvgIpc) is 2.84. The third-order valence-electron chi connectivity index (χ3n) is 5.59. The predicted octanol–water partition coefficient (Wildman–Crippen LogP) is 5.71. The number of urea groups is 1. The van der Waals surface area contributed by atoms with Crippen LogP contribution in [0.5, 0.6) is 11.5 Å². The molecule has 4 amide bonds. The molecule has 0 aromatic heterocycles. The number of carbonyl (C=O) groups excluding carboxylic acids is 3. The molecule has 3 aromatic rings. The number of hydrogen-bond donors (Lipinski definition) is 1. The maximum Gasteiger partial charge on any atom is 0.335 e. The number of hydrogen-bond acceptors (Lipinski definition) is 5. The van der Waals surface area contributed by atoms with Crippen molar-refractivity contribution in [1.29, 1.82) is 0 Å². The molecule has 0 saturated carbocycles. The molecule has 0 radical (unpaired) electrons. The van der Waals surface area contributed by atoms with E-state index in [1.807, 2.05) is 50.2 Å². The van der Waals surface area contributed by atoms with Crippen LogP contribution < -0.4 is 19.7 Å². The number of barbiturate groups is 1. The summed E-state index contributed by atoms with van der Waals surface area (Å²) in [5, 5.41) is 2.27. The van der Waals surface area contributed by atoms with Gasteiger partial charge >= 0.3 is 6.03 Å². The highest BCUT2D eigenvalue weighted by atomic mass is 79.9. The summed E-state index contributed by atoms with van der Waals surface area (Å²) in [5.74, 6) is -0.422. The van der Waals surface area contributed by atoms with Crippen LogP contribution in [0.2, 0.25) is 0 Å². The number of aryl methyl sites for hydroxylation is 2. The first-order chi connectivity index (χ1) is 17.3. The molecule has 1 heterocycles. The number of rotatable bonds is 7. The lowest BCUT2D eigenvalue weighted by Crippen LogP contribution is -2.54. The third kappa shape index (κ3) is 5.49. The largest absolute Gasteiger partial charge is 0.490 e. The highest BCUT2D eigenvalue weighted by Crippen LogP contribution is 2.31. The van der Waals surface area contributed by atoms with Crippen LogP contribution in [0, 0.1) is 13.8 Å². The van der Waals surface area contributed by atoms with Crippen molar-refractivity contribution in [3.8, 4) is 11.5 Å². The van der Waals surface area contributed by atoms with Gasteiger partial charge in [0.05, 0.1) is 12.3 Å². The van der Waals surface area contributed by atoms with Crippen molar-refractivity contribution in [3.05, 3.63) is 93.0 Å². The van der Waals surface area contributed by atoms with E-state index in [2.05, 4.69) is 21.2 Å². The number of benzene rings is 3. The summed E-state index contributed by atoms with van der Waals surface area (Å²) < 4.78 is 12.7. The quantitative estimate of drug-likeness (QED) is 0.302. The Labute approximate surface area is 217 Å². The molecule has 1 N–H and O–H groups in total. The zero-order valence-electron chi connectivity index (χ0n) is 20.1. The van der Waals surface area contributed by atoms with Crippen LogP contribution in [-0.2, 0) is 16.2 Å². The summed E-state index contributed by atoms with van der Waals surface area (Å²) in [6.45, 7) is 6.28. The molecule has 36 heavy (non-hydrogen) atoms. The predicted molar refractivity (Wildman–Crippen MR) is 141 cm³/mol. The zero-order valence-corrected chi connectivity index (χ0v) is 21.7. The zero-order chi connectivity index (χ0) is 25.8. The second kappa shape index (κ2) is 10.8. The van der Waals surface area contributed by atoms with E-state index in [0.717, 1.165) is 26.1 Å². The van der Waals surface area contributed by atoms with E-state index in [-0.39, 0.29) is 5.57 Å². The molecular formula is C28H25BrN2O5. The molecule has 0 unspecified atom stereocenters. The Morgan fingerprint density at radius 3 is 2.39 bits per heavy atom. The number of nitrogens with zero attached hydrogens (tertiary/aromatic N) is 1. The fourth-order valence-electron chi connectivity index (χ4n) is 3.75. The van der Waals surface area contributed by atoms with E-state index in [0.29, 0.717) is 36.0 Å². The summed E-state index contributed by atoms with van der Waals surface area (Å²) >= 11 is 3.42. The average molecular weight is 549 g/mol. The molecule has 3 aromatic carbocycles. The smallest absolute Gasteiger partial charge is 0.335 e. The minimum Gasteiger partial charge on any atom is -0.490 e. The van der Waals surface area contributed by atoms with Crippen LogP contribution in [0.4, 0.5) is 10.5 Å². The van der Waals surface area contributed by atoms with Crippen molar-refractivity contribution < 1.29 is 23.9 Å². The molecular weight excluding hydrogens is 524 g/mol. The van der Waals surface area contributed by atoms with Gasteiger partial charge < -0.3 is 9.47 Å². The summed E-state index contributed by atoms with van der Waals surface area (Å²) in [6, 6.07) is 17.6. The number of anilines is 1. The SMILES string of the molecule is CCOc1cc(/C=C2\C(=O)NC(=O)N(c3cc(C)ccc3C)C2=O)ccc1OCc1ccc(Br)cc1. The summed E-state index contributed by atoms with van der Waals surface area (Å²) in [7, 11) is 0. The maximum atomic E-state index is 13.3. The second-order valence-corrected chi connectivity index (χ2v) is 9.22. The van der Waals surface area contributed by atoms with E-state index >= 15 is 0 Å². The van der Waals surface area contributed by atoms with Gasteiger partial charge in [-0.1, -0.05) is 46.3 Å². The topological polar surface area (TPSA) is 84.9 Å². The Morgan fingerprint density at radius 1 is 0.917 bits per heavy atom. The van der Waals surface area contributed by atoms with E-state index in [9.17, 15) is 14.4 Å². The Balaban J connectivity index is 1.63. The summed E-state index contributed by atoms with van der Waals surface area (Å²) in [4.78, 5) is 39.5. The van der Waals surface area contributed by atoms with Gasteiger partial charge in [-0.15, -0.1) is 0 Å². The summed E-state index contributed by atoms with van der Waals surface area (Å²) in [6.07, 6.45) is 1.45. The molecule has 0 bridgehead atoms. The monoisotopic (exact) mass is 548 g/mol. The highest BCUT2D eigenvalue weighted by molar-refractivity contribution is 9.10. The molecule has 1 saturated heterocycles. The summed E-state index contributed by atoms with van der Waals surface area (Å²) in [5.41, 5.74) is 3.46. The fraction of sp³-hybridized carbons (Fsp3) is 0.179. The molecule has 0 atom stereocenters. The van der Waals surface area contributed by atoms with Crippen molar-refractivity contribution in [3.63, 3.8) is 0 Å². The van der Waals surface area contributed by atoms with Gasteiger partial charge in [-0.25, -0.2) is 9.69 Å². The van der Waals surface area contributed by atoms with Crippen LogP contribution >= 0.6 is 15.9 Å². The number of carbonyl (C=O) groups is 3. The van der Waals surface area contributed by atoms with E-state index < -0.39 is 17.8 Å². The first-order valence-corrected chi connectivity index (χ1v) is 12.2. The molecule has 7 nitrogen and oxygen atoms in total. The van der Waals surface area contributed by atoms with Gasteiger partial charge in [0.25, 0.3) is 11.8 Å². The van der Waals surface area contributed by atoms with Crippen LogP contribution in [0.1, 0.15) is 29.2 Å². The van der Waals surface area contributed by atoms with Gasteiger partial charge in [0, 0.05) is 4.47 Å². The standard InChI is InChI=1S/C28H25BrN2O5/c1-4-35-25-15-20(9-12-24(25)36-16-19-7-10-21(29)11-8-19)14-22-26(32)30-28(34)31(27(22)33)23-13-17(2)5-6-18(23)3/h5-15H,4,16H2,1-3H3,(H,30,32,34)/b22-14+. The van der Waals surface area contributed by atoms with Crippen molar-refractivity contribution in [2.75, 3.05) is 11.5 Å². The minimum absolute atomic E-state index is 0.151. The molecule has 4 rings (SSSR count). The number of halogens is 1. The van der Waals surface area contributed by atoms with Crippen LogP contribution in [0.15, 0.2) is 70.7 Å². The van der Waals surface area contributed by atoms with Crippen LogP contribution in [0.3, 0.4) is 0 Å². The normalized spacial score (nSPS) is 14.7. The molecule has 184 valence electrons. The van der Waals surface area contributed by atoms with Gasteiger partial charge in [0.2, 0.25) is 0 Å². The van der Waals surface area contributed by atoms with Gasteiger partial charge in [-0.05, 0) is 79.4 Å². The van der Waals surface area contributed by atoms with Crippen molar-refractivity contribution in [2.45, 2.75) is 27.4 Å². The van der Waals surface area contributed by atoms with Crippen molar-refractivity contribution >= 4 is 45.5 Å². The van der Waals surface area contributed by atoms with Crippen molar-refractivity contribution in [1.82, 2.24) is 5.32 Å². The Bertz CT molecular complexity index is 1360. The second-order valence-electron chi connectivity index (χ2n) is 8.30. The molecule has 0 aliphatic carbocycles. The number of nitrogens with one attached hydrogen (secondary N) is 1. The molecule has 1 aliphatic rings. The molecule has 8 heteroatoms.